The van der Waals surface area contributed by atoms with Gasteiger partial charge in [0.15, 0.2) is 0 Å². The number of benzene rings is 2. The van der Waals surface area contributed by atoms with Crippen molar-refractivity contribution in [3.05, 3.63) is 53.1 Å². The third kappa shape index (κ3) is 4.84. The molecule has 0 radical (unpaired) electrons. The number of ether oxygens (including phenoxy) is 1. The zero-order valence-corrected chi connectivity index (χ0v) is 20.1. The number of hydrogen-bond donors (Lipinski definition) is 1. The van der Waals surface area contributed by atoms with Crippen LogP contribution in [0.2, 0.25) is 0 Å². The van der Waals surface area contributed by atoms with E-state index in [-0.39, 0.29) is 18.1 Å². The van der Waals surface area contributed by atoms with E-state index in [9.17, 15) is 4.79 Å². The lowest BCUT2D eigenvalue weighted by Gasteiger charge is -2.16. The Labute approximate surface area is 193 Å². The van der Waals surface area contributed by atoms with Gasteiger partial charge in [-0.3, -0.25) is 4.79 Å². The van der Waals surface area contributed by atoms with Gasteiger partial charge in [-0.1, -0.05) is 29.5 Å². The molecular formula is C25H30N4O2S. The maximum absolute atomic E-state index is 12.3. The minimum Gasteiger partial charge on any atom is -0.491 e. The van der Waals surface area contributed by atoms with Gasteiger partial charge >= 0.3 is 0 Å². The molecule has 1 aliphatic carbocycles. The Hall–Kier alpha value is -2.77. The number of rotatable bonds is 7. The van der Waals surface area contributed by atoms with Crippen LogP contribution in [0.4, 0.5) is 0 Å². The summed E-state index contributed by atoms with van der Waals surface area (Å²) in [6.07, 6.45) is 1.98. The quantitative estimate of drug-likeness (QED) is 0.568. The lowest BCUT2D eigenvalue weighted by atomic mass is 10.0. The molecule has 1 atom stereocenters. The van der Waals surface area contributed by atoms with E-state index in [0.717, 1.165) is 45.3 Å². The molecule has 6 nitrogen and oxygen atoms in total. The summed E-state index contributed by atoms with van der Waals surface area (Å²) in [5, 5.41) is 14.0. The summed E-state index contributed by atoms with van der Waals surface area (Å²) < 4.78 is 5.85. The lowest BCUT2D eigenvalue weighted by Crippen LogP contribution is -2.35. The van der Waals surface area contributed by atoms with E-state index in [1.807, 2.05) is 51.0 Å². The van der Waals surface area contributed by atoms with Crippen molar-refractivity contribution in [3.63, 3.8) is 0 Å². The zero-order valence-electron chi connectivity index (χ0n) is 19.3. The van der Waals surface area contributed by atoms with Crippen molar-refractivity contribution in [1.82, 2.24) is 20.4 Å². The van der Waals surface area contributed by atoms with Crippen LogP contribution in [-0.4, -0.2) is 47.7 Å². The van der Waals surface area contributed by atoms with Crippen LogP contribution in [0.25, 0.3) is 21.1 Å². The van der Waals surface area contributed by atoms with Crippen LogP contribution in [0, 0.1) is 6.92 Å². The first-order chi connectivity index (χ1) is 15.3. The molecule has 1 N–H and O–H groups in total. The Balaban J connectivity index is 1.57. The van der Waals surface area contributed by atoms with E-state index in [1.165, 1.54) is 11.1 Å². The molecule has 0 aliphatic heterocycles. The molecule has 1 aromatic heterocycles. The molecule has 0 bridgehead atoms. The molecule has 168 valence electrons. The van der Waals surface area contributed by atoms with Crippen molar-refractivity contribution in [2.75, 3.05) is 20.6 Å². The third-order valence-electron chi connectivity index (χ3n) is 5.51. The Morgan fingerprint density at radius 3 is 2.72 bits per heavy atom. The molecule has 0 saturated heterocycles. The fourth-order valence-electron chi connectivity index (χ4n) is 4.15. The molecule has 1 aliphatic rings. The first-order valence-corrected chi connectivity index (χ1v) is 11.8. The number of carbonyl (C=O) groups is 1. The second-order valence-electron chi connectivity index (χ2n) is 8.83. The highest BCUT2D eigenvalue weighted by molar-refractivity contribution is 7.17. The Kier molecular flexibility index (Phi) is 6.58. The van der Waals surface area contributed by atoms with Crippen LogP contribution >= 0.6 is 11.3 Å². The predicted octanol–water partition coefficient (Wildman–Crippen LogP) is 4.63. The fourth-order valence-corrected chi connectivity index (χ4v) is 5.04. The number of hydrogen-bond acceptors (Lipinski definition) is 6. The van der Waals surface area contributed by atoms with E-state index >= 15 is 0 Å². The van der Waals surface area contributed by atoms with Crippen LogP contribution in [0.1, 0.15) is 43.0 Å². The van der Waals surface area contributed by atoms with Crippen molar-refractivity contribution in [2.24, 2.45) is 0 Å². The molecule has 2 aromatic carbocycles. The van der Waals surface area contributed by atoms with Crippen LogP contribution in [-0.2, 0) is 11.2 Å². The average Bonchev–Trinajstić information content (AvgIpc) is 3.36. The smallest absolute Gasteiger partial charge is 0.234 e. The van der Waals surface area contributed by atoms with Crippen molar-refractivity contribution < 1.29 is 9.53 Å². The van der Waals surface area contributed by atoms with Crippen LogP contribution in [0.5, 0.6) is 5.75 Å². The van der Waals surface area contributed by atoms with Gasteiger partial charge < -0.3 is 15.0 Å². The molecule has 1 heterocycles. The van der Waals surface area contributed by atoms with Gasteiger partial charge in [-0.15, -0.1) is 10.2 Å². The van der Waals surface area contributed by atoms with Gasteiger partial charge in [0.1, 0.15) is 15.8 Å². The highest BCUT2D eigenvalue weighted by atomic mass is 32.1. The minimum absolute atomic E-state index is 0.0525. The van der Waals surface area contributed by atoms with Crippen molar-refractivity contribution >= 4 is 17.2 Å². The van der Waals surface area contributed by atoms with E-state index in [4.69, 9.17) is 4.74 Å². The highest BCUT2D eigenvalue weighted by Gasteiger charge is 2.27. The molecule has 4 rings (SSSR count). The number of nitrogens with one attached hydrogen (secondary N) is 1. The number of carbonyl (C=O) groups excluding carboxylic acids is 1. The number of nitrogens with zero attached hydrogens (tertiary/aromatic N) is 3. The van der Waals surface area contributed by atoms with Crippen molar-refractivity contribution in [2.45, 2.75) is 45.8 Å². The molecular weight excluding hydrogens is 420 g/mol. The molecule has 1 amide bonds. The zero-order chi connectivity index (χ0) is 22.8. The van der Waals surface area contributed by atoms with Crippen LogP contribution in [0.15, 0.2) is 36.4 Å². The van der Waals surface area contributed by atoms with E-state index in [0.29, 0.717) is 6.54 Å². The molecule has 7 heteroatoms. The number of aromatic nitrogens is 2. The summed E-state index contributed by atoms with van der Waals surface area (Å²) in [5.41, 5.74) is 5.71. The molecule has 0 saturated carbocycles. The molecule has 0 fully saturated rings. The van der Waals surface area contributed by atoms with Gasteiger partial charge in [-0.25, -0.2) is 0 Å². The van der Waals surface area contributed by atoms with Crippen LogP contribution < -0.4 is 10.1 Å². The number of fused-ring (bicyclic) bond motifs is 1. The maximum Gasteiger partial charge on any atom is 0.234 e. The summed E-state index contributed by atoms with van der Waals surface area (Å²) in [6, 6.07) is 12.5. The van der Waals surface area contributed by atoms with Crippen LogP contribution in [0.3, 0.4) is 0 Å². The number of amides is 1. The molecule has 0 spiro atoms. The summed E-state index contributed by atoms with van der Waals surface area (Å²) in [6.45, 7) is 6.51. The van der Waals surface area contributed by atoms with Gasteiger partial charge in [0.25, 0.3) is 0 Å². The Morgan fingerprint density at radius 1 is 1.22 bits per heavy atom. The second kappa shape index (κ2) is 9.38. The number of aryl methyl sites for hydroxylation is 1. The Bertz CT molecular complexity index is 1120. The first-order valence-electron chi connectivity index (χ1n) is 11.0. The summed E-state index contributed by atoms with van der Waals surface area (Å²) >= 11 is 1.60. The van der Waals surface area contributed by atoms with Gasteiger partial charge in [0.2, 0.25) is 5.91 Å². The lowest BCUT2D eigenvalue weighted by molar-refractivity contribution is -0.122. The summed E-state index contributed by atoms with van der Waals surface area (Å²) in [7, 11) is 3.80. The maximum atomic E-state index is 12.3. The van der Waals surface area contributed by atoms with Gasteiger partial charge in [0.05, 0.1) is 18.7 Å². The normalized spacial score (nSPS) is 15.3. The van der Waals surface area contributed by atoms with Crippen molar-refractivity contribution in [1.29, 1.82) is 0 Å². The molecule has 0 unspecified atom stereocenters. The van der Waals surface area contributed by atoms with E-state index < -0.39 is 0 Å². The predicted molar refractivity (Wildman–Crippen MR) is 129 cm³/mol. The Morgan fingerprint density at radius 2 is 2.00 bits per heavy atom. The average molecular weight is 451 g/mol. The number of likely N-dealkylation sites (N-methyl/N-ethyl adjacent to an activating group) is 1. The standard InChI is InChI=1S/C25H30N4O2S/c1-15(2)31-22-12-9-17(13-16(22)3)24-27-28-25(32-24)20-8-6-7-19-18(20)10-11-21(19)26-23(30)14-29(4)5/h6-9,12-13,15,21H,10-11,14H2,1-5H3,(H,26,30)/t21-/m0/s1. The molecule has 32 heavy (non-hydrogen) atoms. The summed E-state index contributed by atoms with van der Waals surface area (Å²) in [5.74, 6) is 0.952. The van der Waals surface area contributed by atoms with Crippen molar-refractivity contribution in [3.8, 4) is 26.9 Å². The van der Waals surface area contributed by atoms with Gasteiger partial charge in [-0.2, -0.15) is 0 Å². The van der Waals surface area contributed by atoms with E-state index in [1.54, 1.807) is 11.3 Å². The fraction of sp³-hybridized carbons (Fsp3) is 0.400. The highest BCUT2D eigenvalue weighted by Crippen LogP contribution is 2.40. The first kappa shape index (κ1) is 22.4. The molecule has 3 aromatic rings. The topological polar surface area (TPSA) is 67.4 Å². The third-order valence-corrected chi connectivity index (χ3v) is 6.51. The monoisotopic (exact) mass is 450 g/mol. The largest absolute Gasteiger partial charge is 0.491 e. The van der Waals surface area contributed by atoms with Gasteiger partial charge in [0, 0.05) is 11.1 Å². The minimum atomic E-state index is 0.0525. The SMILES string of the molecule is Cc1cc(-c2nnc(-c3cccc4c3CC[C@@H]4NC(=O)CN(C)C)s2)ccc1OC(C)C. The summed E-state index contributed by atoms with van der Waals surface area (Å²) in [4.78, 5) is 14.1. The van der Waals surface area contributed by atoms with E-state index in [2.05, 4.69) is 40.6 Å². The second-order valence-corrected chi connectivity index (χ2v) is 9.81. The van der Waals surface area contributed by atoms with Gasteiger partial charge in [-0.05, 0) is 82.6 Å².